The van der Waals surface area contributed by atoms with Crippen molar-refractivity contribution in [1.29, 1.82) is 0 Å². The number of phenols is 1. The summed E-state index contributed by atoms with van der Waals surface area (Å²) in [5, 5.41) is 10.5. The molecule has 0 unspecified atom stereocenters. The van der Waals surface area contributed by atoms with Crippen molar-refractivity contribution in [2.45, 2.75) is 31.1 Å². The topological polar surface area (TPSA) is 79.1 Å². The quantitative estimate of drug-likeness (QED) is 0.506. The van der Waals surface area contributed by atoms with Crippen LogP contribution in [0.15, 0.2) is 24.4 Å². The number of H-pyrrole nitrogens is 1. The number of thiol groups is 1. The van der Waals surface area contributed by atoms with Gasteiger partial charge in [-0.05, 0) is 44.0 Å². The molecular formula is C14H18N2O2S2. The van der Waals surface area contributed by atoms with Gasteiger partial charge in [-0.15, -0.1) is 11.7 Å². The Kier molecular flexibility index (Phi) is 4.36. The van der Waals surface area contributed by atoms with Crippen molar-refractivity contribution in [3.05, 3.63) is 30.0 Å². The maximum atomic E-state index is 12.3. The molecule has 1 aromatic heterocycles. The standard InChI is InChI=1S/C14H18N2O2S2/c1-14(2,20-19)13(18)11(15)5-8-7-16-12-4-3-9(17)6-10(8)12/h3-4,6-7,11,16-17,19H,5,15H2,1-2H3/t11-/m0/s1. The molecule has 0 radical (unpaired) electrons. The first-order valence-corrected chi connectivity index (χ1v) is 8.13. The Morgan fingerprint density at radius 1 is 1.55 bits per heavy atom. The Bertz CT molecular complexity index is 637. The molecule has 1 aromatic carbocycles. The Morgan fingerprint density at radius 2 is 2.25 bits per heavy atom. The number of hydrogen-bond donors (Lipinski definition) is 4. The second-order valence-corrected chi connectivity index (χ2v) is 7.07. The first-order chi connectivity index (χ1) is 9.35. The number of fused-ring (bicyclic) bond motifs is 1. The summed E-state index contributed by atoms with van der Waals surface area (Å²) in [5.74, 6) is 0.163. The van der Waals surface area contributed by atoms with Crippen LogP contribution in [-0.4, -0.2) is 26.7 Å². The Labute approximate surface area is 126 Å². The third-order valence-corrected chi connectivity index (χ3v) is 5.38. The van der Waals surface area contributed by atoms with Crippen molar-refractivity contribution < 1.29 is 9.90 Å². The van der Waals surface area contributed by atoms with E-state index in [0.717, 1.165) is 16.5 Å². The third-order valence-electron chi connectivity index (χ3n) is 3.35. The molecule has 0 aliphatic heterocycles. The molecular weight excluding hydrogens is 292 g/mol. The highest BCUT2D eigenvalue weighted by atomic mass is 33.1. The molecule has 6 heteroatoms. The predicted octanol–water partition coefficient (Wildman–Crippen LogP) is 2.67. The van der Waals surface area contributed by atoms with Gasteiger partial charge in [0.05, 0.1) is 10.8 Å². The Morgan fingerprint density at radius 3 is 2.90 bits per heavy atom. The number of Topliss-reactive ketones (excluding diaryl/α,β-unsaturated/α-hetero) is 1. The lowest BCUT2D eigenvalue weighted by atomic mass is 9.95. The number of aromatic nitrogens is 1. The van der Waals surface area contributed by atoms with Crippen molar-refractivity contribution >= 4 is 39.1 Å². The van der Waals surface area contributed by atoms with Crippen LogP contribution >= 0.6 is 22.5 Å². The van der Waals surface area contributed by atoms with Crippen LogP contribution in [0.4, 0.5) is 0 Å². The highest BCUT2D eigenvalue weighted by Gasteiger charge is 2.32. The molecule has 0 saturated carbocycles. The van der Waals surface area contributed by atoms with Crippen molar-refractivity contribution in [3.63, 3.8) is 0 Å². The van der Waals surface area contributed by atoms with Gasteiger partial charge in [0, 0.05) is 17.1 Å². The summed E-state index contributed by atoms with van der Waals surface area (Å²) >= 11 is 4.12. The second-order valence-electron chi connectivity index (χ2n) is 5.32. The number of carbonyl (C=O) groups is 1. The number of nitrogens with two attached hydrogens (primary N) is 1. The number of ketones is 1. The molecule has 108 valence electrons. The van der Waals surface area contributed by atoms with E-state index >= 15 is 0 Å². The number of aromatic amines is 1. The van der Waals surface area contributed by atoms with Gasteiger partial charge in [0.1, 0.15) is 5.75 Å². The fourth-order valence-corrected chi connectivity index (χ4v) is 2.67. The average molecular weight is 310 g/mol. The molecule has 0 bridgehead atoms. The molecule has 2 aromatic rings. The van der Waals surface area contributed by atoms with E-state index in [0.29, 0.717) is 6.42 Å². The van der Waals surface area contributed by atoms with Crippen molar-refractivity contribution in [3.8, 4) is 5.75 Å². The minimum Gasteiger partial charge on any atom is -0.508 e. The number of aromatic hydroxyl groups is 1. The van der Waals surface area contributed by atoms with Crippen LogP contribution in [0.5, 0.6) is 5.75 Å². The van der Waals surface area contributed by atoms with E-state index in [9.17, 15) is 9.90 Å². The number of nitrogens with one attached hydrogen (secondary N) is 1. The molecule has 20 heavy (non-hydrogen) atoms. The van der Waals surface area contributed by atoms with Gasteiger partial charge in [-0.2, -0.15) is 0 Å². The van der Waals surface area contributed by atoms with Crippen LogP contribution in [0.2, 0.25) is 0 Å². The fraction of sp³-hybridized carbons (Fsp3) is 0.357. The van der Waals surface area contributed by atoms with Gasteiger partial charge in [-0.25, -0.2) is 0 Å². The molecule has 4 nitrogen and oxygen atoms in total. The van der Waals surface area contributed by atoms with E-state index in [-0.39, 0.29) is 11.5 Å². The molecule has 0 spiro atoms. The summed E-state index contributed by atoms with van der Waals surface area (Å²) in [6.45, 7) is 3.63. The van der Waals surface area contributed by atoms with Crippen LogP contribution in [0.1, 0.15) is 19.4 Å². The van der Waals surface area contributed by atoms with Gasteiger partial charge in [-0.3, -0.25) is 4.79 Å². The minimum absolute atomic E-state index is 0.0352. The number of hydrogen-bond acceptors (Lipinski definition) is 5. The van der Waals surface area contributed by atoms with Gasteiger partial charge < -0.3 is 15.8 Å². The first kappa shape index (κ1) is 15.3. The van der Waals surface area contributed by atoms with E-state index < -0.39 is 10.8 Å². The summed E-state index contributed by atoms with van der Waals surface area (Å²) in [6, 6.07) is 4.51. The van der Waals surface area contributed by atoms with Crippen LogP contribution in [0, 0.1) is 0 Å². The lowest BCUT2D eigenvalue weighted by molar-refractivity contribution is -0.121. The van der Waals surface area contributed by atoms with E-state index in [4.69, 9.17) is 5.73 Å². The maximum Gasteiger partial charge on any atom is 0.166 e. The van der Waals surface area contributed by atoms with Crippen molar-refractivity contribution in [2.24, 2.45) is 5.73 Å². The summed E-state index contributed by atoms with van der Waals surface area (Å²) in [7, 11) is 1.20. The Balaban J connectivity index is 2.24. The summed E-state index contributed by atoms with van der Waals surface area (Å²) in [4.78, 5) is 15.4. The Hall–Kier alpha value is -1.11. The highest BCUT2D eigenvalue weighted by Crippen LogP contribution is 2.30. The van der Waals surface area contributed by atoms with Crippen LogP contribution in [-0.2, 0) is 11.2 Å². The molecule has 0 aliphatic carbocycles. The fourth-order valence-electron chi connectivity index (χ4n) is 2.16. The summed E-state index contributed by atoms with van der Waals surface area (Å²) in [6.07, 6.45) is 2.26. The SMILES string of the molecule is CC(C)(SS)C(=O)[C@@H](N)Cc1c[nH]c2ccc(O)cc12. The van der Waals surface area contributed by atoms with Crippen molar-refractivity contribution in [2.75, 3.05) is 0 Å². The largest absolute Gasteiger partial charge is 0.508 e. The average Bonchev–Trinajstić information content (AvgIpc) is 2.80. The van der Waals surface area contributed by atoms with Crippen LogP contribution in [0.25, 0.3) is 10.9 Å². The molecule has 1 atom stereocenters. The molecule has 0 fully saturated rings. The van der Waals surface area contributed by atoms with E-state index in [2.05, 4.69) is 16.6 Å². The number of phenolic OH excluding ortho intramolecular Hbond substituents is 1. The zero-order valence-corrected chi connectivity index (χ0v) is 13.1. The van der Waals surface area contributed by atoms with E-state index in [1.165, 1.54) is 10.8 Å². The van der Waals surface area contributed by atoms with Gasteiger partial charge >= 0.3 is 0 Å². The van der Waals surface area contributed by atoms with Crippen molar-refractivity contribution in [1.82, 2.24) is 4.98 Å². The molecule has 0 aliphatic rings. The highest BCUT2D eigenvalue weighted by molar-refractivity contribution is 8.69. The van der Waals surface area contributed by atoms with E-state index in [1.807, 2.05) is 20.0 Å². The van der Waals surface area contributed by atoms with Crippen LogP contribution in [0.3, 0.4) is 0 Å². The lowest BCUT2D eigenvalue weighted by Gasteiger charge is -2.23. The smallest absolute Gasteiger partial charge is 0.166 e. The number of carbonyl (C=O) groups excluding carboxylic acids is 1. The van der Waals surface area contributed by atoms with E-state index in [1.54, 1.807) is 18.2 Å². The predicted molar refractivity (Wildman–Crippen MR) is 87.3 cm³/mol. The summed E-state index contributed by atoms with van der Waals surface area (Å²) < 4.78 is -0.614. The monoisotopic (exact) mass is 310 g/mol. The zero-order valence-electron chi connectivity index (χ0n) is 11.4. The molecule has 0 amide bonds. The van der Waals surface area contributed by atoms with Gasteiger partial charge in [0.15, 0.2) is 5.78 Å². The third kappa shape index (κ3) is 2.97. The minimum atomic E-state index is -0.614. The van der Waals surface area contributed by atoms with Gasteiger partial charge in [0.25, 0.3) is 0 Å². The normalized spacial score (nSPS) is 13.6. The van der Waals surface area contributed by atoms with Crippen LogP contribution < -0.4 is 5.73 Å². The molecule has 2 rings (SSSR count). The molecule has 0 saturated heterocycles. The molecule has 1 heterocycles. The molecule has 4 N–H and O–H groups in total. The van der Waals surface area contributed by atoms with Gasteiger partial charge in [-0.1, -0.05) is 10.8 Å². The lowest BCUT2D eigenvalue weighted by Crippen LogP contribution is -2.43. The number of rotatable bonds is 5. The first-order valence-electron chi connectivity index (χ1n) is 6.26. The number of benzene rings is 1. The second kappa shape index (κ2) is 5.71. The van der Waals surface area contributed by atoms with Gasteiger partial charge in [0.2, 0.25) is 0 Å². The maximum absolute atomic E-state index is 12.3. The zero-order chi connectivity index (χ0) is 14.9. The summed E-state index contributed by atoms with van der Waals surface area (Å²) in [5.41, 5.74) is 7.87.